The molecule has 0 amide bonds. The normalized spacial score (nSPS) is 15.1. The Hall–Kier alpha value is -1.54. The monoisotopic (exact) mass is 226 g/mol. The molecule has 0 spiro atoms. The zero-order valence-corrected chi connectivity index (χ0v) is 10.2. The van der Waals surface area contributed by atoms with Gasteiger partial charge in [0.25, 0.3) is 0 Å². The summed E-state index contributed by atoms with van der Waals surface area (Å²) in [5.74, 6) is 0. The lowest BCUT2D eigenvalue weighted by atomic mass is 10.1. The highest BCUT2D eigenvalue weighted by Crippen LogP contribution is 2.21. The summed E-state index contributed by atoms with van der Waals surface area (Å²) in [6.45, 7) is 0.960. The number of fused-ring (bicyclic) bond motifs is 1. The first-order valence-corrected chi connectivity index (χ1v) is 6.23. The lowest BCUT2D eigenvalue weighted by molar-refractivity contribution is 0.521. The van der Waals surface area contributed by atoms with E-state index < -0.39 is 0 Å². The van der Waals surface area contributed by atoms with E-state index in [4.69, 9.17) is 0 Å². The molecule has 1 N–H and O–H groups in total. The van der Waals surface area contributed by atoms with E-state index in [1.807, 2.05) is 0 Å². The van der Waals surface area contributed by atoms with Crippen LogP contribution in [0, 0.1) is 0 Å². The first-order chi connectivity index (χ1) is 8.33. The number of hydrogen-bond donors (Lipinski definition) is 1. The van der Waals surface area contributed by atoms with Crippen LogP contribution in [0.25, 0.3) is 0 Å². The van der Waals surface area contributed by atoms with Gasteiger partial charge in [0.1, 0.15) is 0 Å². The van der Waals surface area contributed by atoms with Crippen LogP contribution in [0.2, 0.25) is 0 Å². The number of nitrogens with zero attached hydrogens (tertiary/aromatic N) is 1. The quantitative estimate of drug-likeness (QED) is 0.849. The largest absolute Gasteiger partial charge is 0.353 e. The van der Waals surface area contributed by atoms with Crippen molar-refractivity contribution in [2.75, 3.05) is 0 Å². The average Bonchev–Trinajstić information content (AvgIpc) is 2.92. The molecule has 0 aliphatic heterocycles. The summed E-state index contributed by atoms with van der Waals surface area (Å²) in [5.41, 5.74) is 4.37. The molecular weight excluding hydrogens is 208 g/mol. The maximum atomic E-state index is 3.65. The summed E-state index contributed by atoms with van der Waals surface area (Å²) in [7, 11) is 2.10. The molecule has 1 aliphatic rings. The Morgan fingerprint density at radius 2 is 1.82 bits per heavy atom. The number of rotatable bonds is 3. The molecule has 0 unspecified atom stereocenters. The van der Waals surface area contributed by atoms with Crippen molar-refractivity contribution in [2.45, 2.75) is 25.4 Å². The first kappa shape index (κ1) is 10.6. The summed E-state index contributed by atoms with van der Waals surface area (Å²) in [5, 5.41) is 3.65. The van der Waals surface area contributed by atoms with E-state index in [1.54, 1.807) is 0 Å². The number of aromatic nitrogens is 1. The van der Waals surface area contributed by atoms with Crippen molar-refractivity contribution in [3.05, 3.63) is 59.4 Å². The van der Waals surface area contributed by atoms with Gasteiger partial charge in [-0.3, -0.25) is 0 Å². The van der Waals surface area contributed by atoms with Crippen LogP contribution in [-0.2, 0) is 26.4 Å². The van der Waals surface area contributed by atoms with Crippen molar-refractivity contribution in [3.8, 4) is 0 Å². The van der Waals surface area contributed by atoms with Gasteiger partial charge < -0.3 is 9.88 Å². The van der Waals surface area contributed by atoms with Crippen molar-refractivity contribution < 1.29 is 0 Å². The molecule has 1 heterocycles. The van der Waals surface area contributed by atoms with Crippen LogP contribution < -0.4 is 5.32 Å². The SMILES string of the molecule is Cn1cccc1CNC1Cc2ccccc2C1. The lowest BCUT2D eigenvalue weighted by Gasteiger charge is -2.12. The molecule has 3 rings (SSSR count). The minimum Gasteiger partial charge on any atom is -0.353 e. The van der Waals surface area contributed by atoms with E-state index >= 15 is 0 Å². The molecule has 0 bridgehead atoms. The summed E-state index contributed by atoms with van der Waals surface area (Å²) < 4.78 is 2.18. The average molecular weight is 226 g/mol. The summed E-state index contributed by atoms with van der Waals surface area (Å²) >= 11 is 0. The van der Waals surface area contributed by atoms with E-state index in [9.17, 15) is 0 Å². The Balaban J connectivity index is 1.61. The highest BCUT2D eigenvalue weighted by Gasteiger charge is 2.20. The maximum Gasteiger partial charge on any atom is 0.0361 e. The minimum atomic E-state index is 0.599. The Morgan fingerprint density at radius 3 is 2.41 bits per heavy atom. The predicted molar refractivity (Wildman–Crippen MR) is 69.9 cm³/mol. The second kappa shape index (κ2) is 4.38. The zero-order valence-electron chi connectivity index (χ0n) is 10.2. The van der Waals surface area contributed by atoms with Crippen molar-refractivity contribution in [2.24, 2.45) is 7.05 Å². The fourth-order valence-electron chi connectivity index (χ4n) is 2.63. The molecule has 0 atom stereocenters. The maximum absolute atomic E-state index is 3.65. The highest BCUT2D eigenvalue weighted by atomic mass is 15.0. The van der Waals surface area contributed by atoms with Gasteiger partial charge in [-0.2, -0.15) is 0 Å². The van der Waals surface area contributed by atoms with Gasteiger partial charge in [0, 0.05) is 31.5 Å². The molecule has 0 radical (unpaired) electrons. The van der Waals surface area contributed by atoms with Gasteiger partial charge in [-0.05, 0) is 36.1 Å². The predicted octanol–water partition coefficient (Wildman–Crippen LogP) is 2.28. The van der Waals surface area contributed by atoms with Gasteiger partial charge in [-0.25, -0.2) is 0 Å². The van der Waals surface area contributed by atoms with E-state index in [-0.39, 0.29) is 0 Å². The molecular formula is C15H18N2. The van der Waals surface area contributed by atoms with Gasteiger partial charge in [0.2, 0.25) is 0 Å². The molecule has 17 heavy (non-hydrogen) atoms. The molecule has 0 saturated heterocycles. The second-order valence-electron chi connectivity index (χ2n) is 4.87. The molecule has 1 aliphatic carbocycles. The molecule has 2 heteroatoms. The number of hydrogen-bond acceptors (Lipinski definition) is 1. The topological polar surface area (TPSA) is 17.0 Å². The van der Waals surface area contributed by atoms with E-state index in [0.717, 1.165) is 6.54 Å². The lowest BCUT2D eigenvalue weighted by Crippen LogP contribution is -2.29. The molecule has 1 aromatic heterocycles. The Morgan fingerprint density at radius 1 is 1.12 bits per heavy atom. The minimum absolute atomic E-state index is 0.599. The Bertz CT molecular complexity index is 488. The van der Waals surface area contributed by atoms with Crippen LogP contribution >= 0.6 is 0 Å². The molecule has 2 nitrogen and oxygen atoms in total. The van der Waals surface area contributed by atoms with Crippen LogP contribution in [0.1, 0.15) is 16.8 Å². The Kier molecular flexibility index (Phi) is 2.73. The van der Waals surface area contributed by atoms with Crippen molar-refractivity contribution in [3.63, 3.8) is 0 Å². The van der Waals surface area contributed by atoms with Crippen LogP contribution in [0.5, 0.6) is 0 Å². The third-order valence-corrected chi connectivity index (χ3v) is 3.67. The summed E-state index contributed by atoms with van der Waals surface area (Å²) in [6.07, 6.45) is 4.43. The van der Waals surface area contributed by atoms with E-state index in [1.165, 1.54) is 29.7 Å². The molecule has 1 aromatic carbocycles. The van der Waals surface area contributed by atoms with Gasteiger partial charge in [-0.1, -0.05) is 24.3 Å². The smallest absolute Gasteiger partial charge is 0.0361 e. The number of benzene rings is 1. The highest BCUT2D eigenvalue weighted by molar-refractivity contribution is 5.33. The van der Waals surface area contributed by atoms with E-state index in [2.05, 4.69) is 59.5 Å². The molecule has 0 fully saturated rings. The first-order valence-electron chi connectivity index (χ1n) is 6.23. The van der Waals surface area contributed by atoms with Gasteiger partial charge >= 0.3 is 0 Å². The fourth-order valence-corrected chi connectivity index (χ4v) is 2.63. The van der Waals surface area contributed by atoms with Crippen LogP contribution in [0.4, 0.5) is 0 Å². The molecule has 0 saturated carbocycles. The molecule has 88 valence electrons. The van der Waals surface area contributed by atoms with Crippen LogP contribution in [0.3, 0.4) is 0 Å². The molecule has 2 aromatic rings. The summed E-state index contributed by atoms with van der Waals surface area (Å²) in [4.78, 5) is 0. The standard InChI is InChI=1S/C15H18N2/c1-17-8-4-7-15(17)11-16-14-9-12-5-2-3-6-13(12)10-14/h2-8,14,16H,9-11H2,1H3. The number of nitrogens with one attached hydrogen (secondary N) is 1. The van der Waals surface area contributed by atoms with Crippen LogP contribution in [0.15, 0.2) is 42.6 Å². The Labute approximate surface area is 102 Å². The number of aryl methyl sites for hydroxylation is 1. The van der Waals surface area contributed by atoms with Gasteiger partial charge in [0.15, 0.2) is 0 Å². The van der Waals surface area contributed by atoms with Crippen molar-refractivity contribution in [1.29, 1.82) is 0 Å². The van der Waals surface area contributed by atoms with Crippen LogP contribution in [-0.4, -0.2) is 10.6 Å². The zero-order chi connectivity index (χ0) is 11.7. The van der Waals surface area contributed by atoms with E-state index in [0.29, 0.717) is 6.04 Å². The summed E-state index contributed by atoms with van der Waals surface area (Å²) in [6, 6.07) is 13.6. The third-order valence-electron chi connectivity index (χ3n) is 3.67. The third kappa shape index (κ3) is 2.13. The fraction of sp³-hybridized carbons (Fsp3) is 0.333. The van der Waals surface area contributed by atoms with Crippen molar-refractivity contribution in [1.82, 2.24) is 9.88 Å². The van der Waals surface area contributed by atoms with Crippen molar-refractivity contribution >= 4 is 0 Å². The second-order valence-corrected chi connectivity index (χ2v) is 4.87. The van der Waals surface area contributed by atoms with Gasteiger partial charge in [-0.15, -0.1) is 0 Å². The van der Waals surface area contributed by atoms with Gasteiger partial charge in [0.05, 0.1) is 0 Å².